The molecule has 0 aliphatic heterocycles. The van der Waals surface area contributed by atoms with Gasteiger partial charge in [-0.3, -0.25) is 0 Å². The lowest BCUT2D eigenvalue weighted by Gasteiger charge is -2.35. The summed E-state index contributed by atoms with van der Waals surface area (Å²) in [6.45, 7) is 7.76. The van der Waals surface area contributed by atoms with Crippen LogP contribution in [0.1, 0.15) is 39.2 Å². The van der Waals surface area contributed by atoms with Crippen molar-refractivity contribution in [1.29, 1.82) is 0 Å². The number of carbonyl (C=O) groups excluding carboxylic acids is 1. The molecule has 0 spiro atoms. The number of carbonyl (C=O) groups is 1. The lowest BCUT2D eigenvalue weighted by atomic mass is 9.92. The Morgan fingerprint density at radius 1 is 1.23 bits per heavy atom. The second kappa shape index (κ2) is 6.46. The fourth-order valence-electron chi connectivity index (χ4n) is 2.26. The Bertz CT molecular complexity index is 530. The molecular formula is C17H25NO4. The predicted octanol–water partition coefficient (Wildman–Crippen LogP) is 3.44. The van der Waals surface area contributed by atoms with Gasteiger partial charge in [-0.25, -0.2) is 4.79 Å². The van der Waals surface area contributed by atoms with E-state index in [1.807, 2.05) is 45.9 Å². The van der Waals surface area contributed by atoms with Crippen molar-refractivity contribution in [3.8, 4) is 11.5 Å². The maximum Gasteiger partial charge on any atom is 0.407 e. The molecule has 0 saturated heterocycles. The number of hydrogen-bond acceptors (Lipinski definition) is 4. The highest BCUT2D eigenvalue weighted by molar-refractivity contribution is 5.68. The molecule has 1 N–H and O–H groups in total. The molecule has 2 rings (SSSR count). The van der Waals surface area contributed by atoms with Gasteiger partial charge in [0.25, 0.3) is 0 Å². The van der Waals surface area contributed by atoms with Crippen LogP contribution in [0.5, 0.6) is 11.5 Å². The number of aryl methyl sites for hydroxylation is 1. The van der Waals surface area contributed by atoms with Crippen LogP contribution in [0.15, 0.2) is 18.2 Å². The average Bonchev–Trinajstić information content (AvgIpc) is 2.36. The van der Waals surface area contributed by atoms with Gasteiger partial charge in [-0.05, 0) is 39.3 Å². The molecule has 0 radical (unpaired) electrons. The first-order valence-electron chi connectivity index (χ1n) is 7.57. The van der Waals surface area contributed by atoms with Crippen molar-refractivity contribution in [2.24, 2.45) is 0 Å². The Balaban J connectivity index is 1.77. The van der Waals surface area contributed by atoms with E-state index in [0.29, 0.717) is 12.8 Å². The van der Waals surface area contributed by atoms with Crippen LogP contribution < -0.4 is 14.8 Å². The molecule has 1 fully saturated rings. The van der Waals surface area contributed by atoms with Crippen LogP contribution in [0.25, 0.3) is 0 Å². The van der Waals surface area contributed by atoms with E-state index in [2.05, 4.69) is 5.32 Å². The number of rotatable bonds is 4. The third kappa shape index (κ3) is 4.55. The quantitative estimate of drug-likeness (QED) is 0.926. The zero-order valence-corrected chi connectivity index (χ0v) is 13.9. The summed E-state index contributed by atoms with van der Waals surface area (Å²) in [5.74, 6) is 1.60. The number of methoxy groups -OCH3 is 1. The minimum atomic E-state index is -0.368. The molecule has 1 aromatic carbocycles. The first-order valence-corrected chi connectivity index (χ1v) is 7.57. The molecule has 1 saturated carbocycles. The SMILES string of the molecule is COc1cc(OC2CC(OC(=O)NC(C)(C)C)C2)ccc1C. The minimum Gasteiger partial charge on any atom is -0.496 e. The average molecular weight is 307 g/mol. The normalized spacial score (nSPS) is 20.8. The van der Waals surface area contributed by atoms with E-state index in [1.165, 1.54) is 0 Å². The van der Waals surface area contributed by atoms with Crippen molar-refractivity contribution in [2.45, 2.75) is 58.3 Å². The molecule has 1 aromatic rings. The molecule has 0 unspecified atom stereocenters. The highest BCUT2D eigenvalue weighted by atomic mass is 16.6. The molecule has 1 aliphatic rings. The van der Waals surface area contributed by atoms with Crippen LogP contribution in [-0.2, 0) is 4.74 Å². The molecule has 22 heavy (non-hydrogen) atoms. The highest BCUT2D eigenvalue weighted by Gasteiger charge is 2.34. The summed E-state index contributed by atoms with van der Waals surface area (Å²) in [6.07, 6.45) is 1.08. The van der Waals surface area contributed by atoms with Gasteiger partial charge < -0.3 is 19.5 Å². The van der Waals surface area contributed by atoms with Gasteiger partial charge in [0.15, 0.2) is 0 Å². The molecule has 5 heteroatoms. The number of alkyl carbamates (subject to hydrolysis) is 1. The highest BCUT2D eigenvalue weighted by Crippen LogP contribution is 2.31. The van der Waals surface area contributed by atoms with Crippen LogP contribution in [0, 0.1) is 6.92 Å². The smallest absolute Gasteiger partial charge is 0.407 e. The maximum absolute atomic E-state index is 11.7. The summed E-state index contributed by atoms with van der Waals surface area (Å²) in [5.41, 5.74) is 0.790. The maximum atomic E-state index is 11.7. The van der Waals surface area contributed by atoms with Gasteiger partial charge in [0.1, 0.15) is 23.7 Å². The largest absolute Gasteiger partial charge is 0.496 e. The Morgan fingerprint density at radius 2 is 1.91 bits per heavy atom. The Labute approximate surface area is 131 Å². The molecule has 122 valence electrons. The lowest BCUT2D eigenvalue weighted by Crippen LogP contribution is -2.46. The van der Waals surface area contributed by atoms with E-state index < -0.39 is 0 Å². The van der Waals surface area contributed by atoms with Crippen molar-refractivity contribution in [1.82, 2.24) is 5.32 Å². The van der Waals surface area contributed by atoms with E-state index >= 15 is 0 Å². The van der Waals surface area contributed by atoms with Gasteiger partial charge in [0.05, 0.1) is 7.11 Å². The lowest BCUT2D eigenvalue weighted by molar-refractivity contribution is -0.0244. The molecule has 1 aliphatic carbocycles. The van der Waals surface area contributed by atoms with Gasteiger partial charge >= 0.3 is 6.09 Å². The van der Waals surface area contributed by atoms with E-state index in [9.17, 15) is 4.79 Å². The Hall–Kier alpha value is -1.91. The second-order valence-electron chi connectivity index (χ2n) is 6.75. The van der Waals surface area contributed by atoms with Crippen molar-refractivity contribution in [3.63, 3.8) is 0 Å². The first kappa shape index (κ1) is 16.5. The summed E-state index contributed by atoms with van der Waals surface area (Å²) in [5, 5.41) is 2.79. The summed E-state index contributed by atoms with van der Waals surface area (Å²) < 4.78 is 16.5. The second-order valence-corrected chi connectivity index (χ2v) is 6.75. The van der Waals surface area contributed by atoms with Crippen LogP contribution >= 0.6 is 0 Å². The van der Waals surface area contributed by atoms with Gasteiger partial charge in [-0.1, -0.05) is 6.07 Å². The van der Waals surface area contributed by atoms with Gasteiger partial charge in [0, 0.05) is 24.4 Å². The summed E-state index contributed by atoms with van der Waals surface area (Å²) in [4.78, 5) is 11.7. The predicted molar refractivity (Wildman–Crippen MR) is 84.5 cm³/mol. The Kier molecular flexibility index (Phi) is 4.84. The zero-order chi connectivity index (χ0) is 16.3. The fraction of sp³-hybridized carbons (Fsp3) is 0.588. The van der Waals surface area contributed by atoms with Crippen LogP contribution in [0.3, 0.4) is 0 Å². The van der Waals surface area contributed by atoms with Crippen LogP contribution in [0.4, 0.5) is 4.79 Å². The fourth-order valence-corrected chi connectivity index (χ4v) is 2.26. The summed E-state index contributed by atoms with van der Waals surface area (Å²) >= 11 is 0. The molecule has 5 nitrogen and oxygen atoms in total. The third-order valence-electron chi connectivity index (χ3n) is 3.48. The van der Waals surface area contributed by atoms with Crippen LogP contribution in [-0.4, -0.2) is 30.9 Å². The summed E-state index contributed by atoms with van der Waals surface area (Å²) in [7, 11) is 1.65. The van der Waals surface area contributed by atoms with Crippen molar-refractivity contribution in [3.05, 3.63) is 23.8 Å². The van der Waals surface area contributed by atoms with E-state index in [0.717, 1.165) is 17.1 Å². The number of amides is 1. The van der Waals surface area contributed by atoms with Crippen molar-refractivity contribution < 1.29 is 19.0 Å². The number of benzene rings is 1. The van der Waals surface area contributed by atoms with Gasteiger partial charge in [-0.15, -0.1) is 0 Å². The monoisotopic (exact) mass is 307 g/mol. The number of nitrogens with one attached hydrogen (secondary N) is 1. The molecule has 1 amide bonds. The molecule has 0 heterocycles. The minimum absolute atomic E-state index is 0.0697. The van der Waals surface area contributed by atoms with Gasteiger partial charge in [0.2, 0.25) is 0 Å². The topological polar surface area (TPSA) is 56.8 Å². The third-order valence-corrected chi connectivity index (χ3v) is 3.48. The standard InChI is InChI=1S/C17H25NO4/c1-11-6-7-12(10-15(11)20-5)21-13-8-14(9-13)22-16(19)18-17(2,3)4/h6-7,10,13-14H,8-9H2,1-5H3,(H,18,19). The van der Waals surface area contributed by atoms with Crippen molar-refractivity contribution >= 4 is 6.09 Å². The van der Waals surface area contributed by atoms with Crippen molar-refractivity contribution in [2.75, 3.05) is 7.11 Å². The number of hydrogen-bond donors (Lipinski definition) is 1. The summed E-state index contributed by atoms with van der Waals surface area (Å²) in [6, 6.07) is 5.78. The van der Waals surface area contributed by atoms with Gasteiger partial charge in [-0.2, -0.15) is 0 Å². The van der Waals surface area contributed by atoms with E-state index in [4.69, 9.17) is 14.2 Å². The van der Waals surface area contributed by atoms with Crippen LogP contribution in [0.2, 0.25) is 0 Å². The van der Waals surface area contributed by atoms with E-state index in [-0.39, 0.29) is 23.8 Å². The van der Waals surface area contributed by atoms with E-state index in [1.54, 1.807) is 7.11 Å². The molecular weight excluding hydrogens is 282 g/mol. The molecule has 0 atom stereocenters. The zero-order valence-electron chi connectivity index (χ0n) is 13.9. The molecule has 0 aromatic heterocycles. The Morgan fingerprint density at radius 3 is 2.50 bits per heavy atom. The molecule has 0 bridgehead atoms. The number of ether oxygens (including phenoxy) is 3. The first-order chi connectivity index (χ1) is 10.3.